The van der Waals surface area contributed by atoms with Gasteiger partial charge in [-0.2, -0.15) is 0 Å². The number of hydrogen-bond donors (Lipinski definition) is 2. The summed E-state index contributed by atoms with van der Waals surface area (Å²) in [5.41, 5.74) is 8.64. The van der Waals surface area contributed by atoms with Crippen LogP contribution in [0.2, 0.25) is 5.02 Å². The molecule has 3 aromatic rings. The minimum absolute atomic E-state index is 0.111. The highest BCUT2D eigenvalue weighted by Gasteiger charge is 2.18. The fraction of sp³-hybridized carbons (Fsp3) is 0.130. The summed E-state index contributed by atoms with van der Waals surface area (Å²) in [5, 5.41) is 0.400. The summed E-state index contributed by atoms with van der Waals surface area (Å²) >= 11 is 6.14. The largest absolute Gasteiger partial charge is 0.454 e. The number of benzene rings is 2. The second kappa shape index (κ2) is 8.57. The molecule has 0 saturated heterocycles. The van der Waals surface area contributed by atoms with E-state index in [4.69, 9.17) is 21.1 Å². The summed E-state index contributed by atoms with van der Waals surface area (Å²) in [6.45, 7) is 3.90. The molecule has 2 N–H and O–H groups in total. The first-order valence-electron chi connectivity index (χ1n) is 9.56. The number of hydrazine groups is 1. The minimum atomic E-state index is -0.487. The van der Waals surface area contributed by atoms with E-state index >= 15 is 0 Å². The topological polar surface area (TPSA) is 81.6 Å². The molecule has 1 aliphatic rings. The predicted molar refractivity (Wildman–Crippen MR) is 117 cm³/mol. The lowest BCUT2D eigenvalue weighted by atomic mass is 10.2. The van der Waals surface area contributed by atoms with E-state index < -0.39 is 11.8 Å². The Kier molecular flexibility index (Phi) is 5.68. The van der Waals surface area contributed by atoms with Gasteiger partial charge < -0.3 is 14.0 Å². The summed E-state index contributed by atoms with van der Waals surface area (Å²) in [6, 6.07) is 14.9. The van der Waals surface area contributed by atoms with Crippen molar-refractivity contribution in [2.75, 3.05) is 6.79 Å². The molecule has 8 heteroatoms. The Morgan fingerprint density at radius 3 is 2.61 bits per heavy atom. The molecule has 2 heterocycles. The van der Waals surface area contributed by atoms with Crippen LogP contribution in [0, 0.1) is 13.8 Å². The monoisotopic (exact) mass is 437 g/mol. The van der Waals surface area contributed by atoms with Crippen LogP contribution >= 0.6 is 11.6 Å². The number of amides is 2. The van der Waals surface area contributed by atoms with Gasteiger partial charge in [-0.1, -0.05) is 29.8 Å². The maximum Gasteiger partial charge on any atom is 0.271 e. The molecule has 0 radical (unpaired) electrons. The van der Waals surface area contributed by atoms with Crippen LogP contribution in [0.15, 0.2) is 54.6 Å². The van der Waals surface area contributed by atoms with E-state index in [0.717, 1.165) is 17.1 Å². The third kappa shape index (κ3) is 4.27. The molecule has 0 fully saturated rings. The van der Waals surface area contributed by atoms with Gasteiger partial charge in [0.15, 0.2) is 11.5 Å². The molecule has 1 aliphatic heterocycles. The standard InChI is InChI=1S/C23H20ClN3O4/c1-14-10-18(15(2)27(14)17-6-4-3-5-7-17)23(29)26-25-21(28)9-8-16-11-19(24)22-20(12-16)30-13-31-22/h3-12H,13H2,1-2H3,(H,25,28)(H,26,29)/b9-8+. The van der Waals surface area contributed by atoms with Crippen molar-refractivity contribution in [2.45, 2.75) is 13.8 Å². The summed E-state index contributed by atoms with van der Waals surface area (Å²) in [6.07, 6.45) is 2.86. The van der Waals surface area contributed by atoms with Crippen molar-refractivity contribution in [1.29, 1.82) is 0 Å². The van der Waals surface area contributed by atoms with Crippen molar-refractivity contribution in [3.05, 3.63) is 82.1 Å². The molecule has 158 valence electrons. The van der Waals surface area contributed by atoms with Gasteiger partial charge in [-0.05, 0) is 55.8 Å². The highest BCUT2D eigenvalue weighted by atomic mass is 35.5. The molecule has 1 aromatic heterocycles. The second-order valence-corrected chi connectivity index (χ2v) is 7.38. The van der Waals surface area contributed by atoms with E-state index in [2.05, 4.69) is 10.9 Å². The highest BCUT2D eigenvalue weighted by Crippen LogP contribution is 2.40. The molecule has 0 bridgehead atoms. The van der Waals surface area contributed by atoms with Gasteiger partial charge in [0, 0.05) is 23.2 Å². The number of aromatic nitrogens is 1. The molecule has 31 heavy (non-hydrogen) atoms. The summed E-state index contributed by atoms with van der Waals surface area (Å²) in [5.74, 6) is 0.125. The number of carbonyl (C=O) groups is 2. The van der Waals surface area contributed by atoms with Crippen molar-refractivity contribution in [1.82, 2.24) is 15.4 Å². The van der Waals surface area contributed by atoms with Gasteiger partial charge in [0.1, 0.15) is 0 Å². The van der Waals surface area contributed by atoms with Gasteiger partial charge in [-0.15, -0.1) is 0 Å². The number of aryl methyl sites for hydroxylation is 1. The first-order chi connectivity index (χ1) is 14.9. The third-order valence-corrected chi connectivity index (χ3v) is 5.15. The van der Waals surface area contributed by atoms with Crippen molar-refractivity contribution >= 4 is 29.5 Å². The summed E-state index contributed by atoms with van der Waals surface area (Å²) < 4.78 is 12.6. The molecular formula is C23H20ClN3O4. The summed E-state index contributed by atoms with van der Waals surface area (Å²) in [7, 11) is 0. The predicted octanol–water partition coefficient (Wildman–Crippen LogP) is 3.95. The number of carbonyl (C=O) groups excluding carboxylic acids is 2. The number of hydrogen-bond acceptors (Lipinski definition) is 4. The van der Waals surface area contributed by atoms with Crippen molar-refractivity contribution in [3.8, 4) is 17.2 Å². The highest BCUT2D eigenvalue weighted by molar-refractivity contribution is 6.32. The van der Waals surface area contributed by atoms with Gasteiger partial charge in [0.05, 0.1) is 10.6 Å². The van der Waals surface area contributed by atoms with Crippen LogP contribution in [0.5, 0.6) is 11.5 Å². The van der Waals surface area contributed by atoms with E-state index in [1.807, 2.05) is 48.7 Å². The number of ether oxygens (including phenoxy) is 2. The Labute approximate surface area is 184 Å². The number of nitrogens with zero attached hydrogens (tertiary/aromatic N) is 1. The Balaban J connectivity index is 1.41. The lowest BCUT2D eigenvalue weighted by Crippen LogP contribution is -2.40. The lowest BCUT2D eigenvalue weighted by molar-refractivity contribution is -0.117. The lowest BCUT2D eigenvalue weighted by Gasteiger charge is -2.10. The Morgan fingerprint density at radius 1 is 1.06 bits per heavy atom. The molecule has 2 aromatic carbocycles. The minimum Gasteiger partial charge on any atom is -0.454 e. The first-order valence-corrected chi connectivity index (χ1v) is 9.94. The number of fused-ring (bicyclic) bond motifs is 1. The third-order valence-electron chi connectivity index (χ3n) is 4.87. The normalized spacial score (nSPS) is 12.2. The quantitative estimate of drug-likeness (QED) is 0.478. The van der Waals surface area contributed by atoms with Crippen molar-refractivity contribution < 1.29 is 19.1 Å². The van der Waals surface area contributed by atoms with E-state index in [-0.39, 0.29) is 6.79 Å². The number of halogens is 1. The average molecular weight is 438 g/mol. The second-order valence-electron chi connectivity index (χ2n) is 6.97. The number of rotatable bonds is 4. The van der Waals surface area contributed by atoms with Crippen LogP contribution in [0.4, 0.5) is 0 Å². The van der Waals surface area contributed by atoms with Crippen LogP contribution in [-0.2, 0) is 4.79 Å². The van der Waals surface area contributed by atoms with Gasteiger partial charge in [-0.25, -0.2) is 0 Å². The molecule has 0 saturated carbocycles. The Bertz CT molecular complexity index is 1190. The maximum absolute atomic E-state index is 12.6. The molecule has 4 rings (SSSR count). The molecule has 2 amide bonds. The van der Waals surface area contributed by atoms with E-state index in [1.165, 1.54) is 6.08 Å². The van der Waals surface area contributed by atoms with Crippen LogP contribution in [0.1, 0.15) is 27.3 Å². The van der Waals surface area contributed by atoms with E-state index in [1.54, 1.807) is 24.3 Å². The average Bonchev–Trinajstić information content (AvgIpc) is 3.35. The maximum atomic E-state index is 12.6. The fourth-order valence-corrected chi connectivity index (χ4v) is 3.72. The summed E-state index contributed by atoms with van der Waals surface area (Å²) in [4.78, 5) is 24.7. The van der Waals surface area contributed by atoms with Gasteiger partial charge in [0.2, 0.25) is 6.79 Å². The van der Waals surface area contributed by atoms with Crippen molar-refractivity contribution in [3.63, 3.8) is 0 Å². The fourth-order valence-electron chi connectivity index (χ4n) is 3.45. The van der Waals surface area contributed by atoms with Gasteiger partial charge in [-0.3, -0.25) is 20.4 Å². The van der Waals surface area contributed by atoms with Crippen molar-refractivity contribution in [2.24, 2.45) is 0 Å². The SMILES string of the molecule is Cc1cc(C(=O)NNC(=O)/C=C/c2cc(Cl)c3c(c2)OCO3)c(C)n1-c1ccccc1. The van der Waals surface area contributed by atoms with Crippen LogP contribution in [0.25, 0.3) is 11.8 Å². The van der Waals surface area contributed by atoms with Crippen LogP contribution in [-0.4, -0.2) is 23.2 Å². The molecule has 7 nitrogen and oxygen atoms in total. The van der Waals surface area contributed by atoms with Crippen LogP contribution < -0.4 is 20.3 Å². The molecule has 0 aliphatic carbocycles. The number of nitrogens with one attached hydrogen (secondary N) is 2. The molecule has 0 atom stereocenters. The van der Waals surface area contributed by atoms with Crippen LogP contribution in [0.3, 0.4) is 0 Å². The molecule has 0 unspecified atom stereocenters. The van der Waals surface area contributed by atoms with E-state index in [9.17, 15) is 9.59 Å². The molecule has 0 spiro atoms. The zero-order chi connectivity index (χ0) is 22.0. The Hall–Kier alpha value is -3.71. The number of para-hydroxylation sites is 1. The van der Waals surface area contributed by atoms with Gasteiger partial charge in [0.25, 0.3) is 11.8 Å². The zero-order valence-corrected chi connectivity index (χ0v) is 17.7. The zero-order valence-electron chi connectivity index (χ0n) is 16.9. The first kappa shape index (κ1) is 20.6. The smallest absolute Gasteiger partial charge is 0.271 e. The van der Waals surface area contributed by atoms with Gasteiger partial charge >= 0.3 is 0 Å². The van der Waals surface area contributed by atoms with E-state index in [0.29, 0.717) is 27.6 Å². The Morgan fingerprint density at radius 2 is 1.84 bits per heavy atom. The molecular weight excluding hydrogens is 418 g/mol.